The minimum atomic E-state index is -0.497. The van der Waals surface area contributed by atoms with Gasteiger partial charge in [0.2, 0.25) is 0 Å². The van der Waals surface area contributed by atoms with Crippen LogP contribution in [0, 0.1) is 11.3 Å². The van der Waals surface area contributed by atoms with E-state index in [0.717, 1.165) is 0 Å². The number of thiophene rings is 1. The standard InChI is InChI=1S/C13H20N4O2S/c1-5-19-13(18)10-11(15)9(6-14)20-12(10)16-7-8(2)17(3)4/h8,16H,5,7,15H2,1-4H3. The molecule has 1 atom stereocenters. The minimum absolute atomic E-state index is 0.191. The van der Waals surface area contributed by atoms with Crippen molar-refractivity contribution in [2.75, 3.05) is 38.3 Å². The lowest BCUT2D eigenvalue weighted by atomic mass is 10.2. The Hall–Kier alpha value is -1.78. The summed E-state index contributed by atoms with van der Waals surface area (Å²) in [5.74, 6) is -0.497. The number of anilines is 2. The van der Waals surface area contributed by atoms with Crippen LogP contribution >= 0.6 is 11.3 Å². The molecule has 0 aliphatic heterocycles. The average molecular weight is 296 g/mol. The number of esters is 1. The summed E-state index contributed by atoms with van der Waals surface area (Å²) in [7, 11) is 3.95. The van der Waals surface area contributed by atoms with Gasteiger partial charge in [-0.05, 0) is 27.9 Å². The zero-order valence-electron chi connectivity index (χ0n) is 12.2. The first-order valence-corrected chi connectivity index (χ1v) is 7.13. The van der Waals surface area contributed by atoms with Crippen molar-refractivity contribution >= 4 is 28.0 Å². The number of nitrogens with zero attached hydrogens (tertiary/aromatic N) is 2. The molecule has 0 spiro atoms. The number of rotatable bonds is 6. The molecular formula is C13H20N4O2S. The van der Waals surface area contributed by atoms with Crippen molar-refractivity contribution < 1.29 is 9.53 Å². The van der Waals surface area contributed by atoms with E-state index in [4.69, 9.17) is 15.7 Å². The van der Waals surface area contributed by atoms with Crippen LogP contribution in [0.5, 0.6) is 0 Å². The number of carbonyl (C=O) groups excluding carboxylic acids is 1. The van der Waals surface area contributed by atoms with E-state index in [2.05, 4.69) is 17.1 Å². The topological polar surface area (TPSA) is 91.4 Å². The number of carbonyl (C=O) groups is 1. The second kappa shape index (κ2) is 7.12. The van der Waals surface area contributed by atoms with Gasteiger partial charge in [0.25, 0.3) is 0 Å². The van der Waals surface area contributed by atoms with Gasteiger partial charge in [0, 0.05) is 12.6 Å². The maximum atomic E-state index is 11.9. The summed E-state index contributed by atoms with van der Waals surface area (Å²) < 4.78 is 4.99. The van der Waals surface area contributed by atoms with Gasteiger partial charge in [-0.25, -0.2) is 4.79 Å². The van der Waals surface area contributed by atoms with Crippen LogP contribution in [0.1, 0.15) is 29.1 Å². The highest BCUT2D eigenvalue weighted by molar-refractivity contribution is 7.17. The SMILES string of the molecule is CCOC(=O)c1c(NCC(C)N(C)C)sc(C#N)c1N. The fourth-order valence-electron chi connectivity index (χ4n) is 1.48. The van der Waals surface area contributed by atoms with Crippen molar-refractivity contribution in [1.29, 1.82) is 5.26 Å². The van der Waals surface area contributed by atoms with Crippen LogP contribution in [0.15, 0.2) is 0 Å². The van der Waals surface area contributed by atoms with Gasteiger partial charge in [-0.3, -0.25) is 0 Å². The molecule has 3 N–H and O–H groups in total. The second-order valence-corrected chi connectivity index (χ2v) is 5.60. The van der Waals surface area contributed by atoms with Crippen molar-refractivity contribution in [2.24, 2.45) is 0 Å². The van der Waals surface area contributed by atoms with Crippen molar-refractivity contribution in [3.63, 3.8) is 0 Å². The number of nitrogens with two attached hydrogens (primary N) is 1. The third-order valence-corrected chi connectivity index (χ3v) is 4.03. The van der Waals surface area contributed by atoms with E-state index in [0.29, 0.717) is 16.4 Å². The summed E-state index contributed by atoms with van der Waals surface area (Å²) in [5.41, 5.74) is 6.30. The highest BCUT2D eigenvalue weighted by atomic mass is 32.1. The Morgan fingerprint density at radius 1 is 1.60 bits per heavy atom. The first-order chi connectivity index (χ1) is 9.42. The molecule has 0 aromatic carbocycles. The molecule has 0 bridgehead atoms. The number of likely N-dealkylation sites (N-methyl/N-ethyl adjacent to an activating group) is 1. The molecule has 1 heterocycles. The summed E-state index contributed by atoms with van der Waals surface area (Å²) in [6, 6.07) is 2.28. The molecule has 0 fully saturated rings. The third-order valence-electron chi connectivity index (χ3n) is 2.97. The molecule has 7 heteroatoms. The Labute approximate surface area is 123 Å². The van der Waals surface area contributed by atoms with E-state index >= 15 is 0 Å². The molecule has 110 valence electrons. The molecule has 1 rings (SSSR count). The smallest absolute Gasteiger partial charge is 0.343 e. The Kier molecular flexibility index (Phi) is 5.80. The van der Waals surface area contributed by atoms with Crippen LogP contribution in [-0.4, -0.2) is 44.2 Å². The van der Waals surface area contributed by atoms with Gasteiger partial charge in [0.05, 0.1) is 12.3 Å². The predicted octanol–water partition coefficient (Wildman–Crippen LogP) is 1.74. The Morgan fingerprint density at radius 2 is 2.25 bits per heavy atom. The Bertz CT molecular complexity index is 519. The number of ether oxygens (including phenoxy) is 1. The predicted molar refractivity (Wildman–Crippen MR) is 81.0 cm³/mol. The van der Waals surface area contributed by atoms with Crippen molar-refractivity contribution in [1.82, 2.24) is 4.90 Å². The monoisotopic (exact) mass is 296 g/mol. The normalized spacial score (nSPS) is 12.0. The van der Waals surface area contributed by atoms with Crippen LogP contribution in [0.3, 0.4) is 0 Å². The zero-order valence-corrected chi connectivity index (χ0v) is 13.0. The first kappa shape index (κ1) is 16.3. The van der Waals surface area contributed by atoms with Gasteiger partial charge >= 0.3 is 5.97 Å². The number of nitrogens with one attached hydrogen (secondary N) is 1. The van der Waals surface area contributed by atoms with E-state index in [1.165, 1.54) is 11.3 Å². The molecule has 0 aliphatic carbocycles. The van der Waals surface area contributed by atoms with E-state index in [1.807, 2.05) is 20.2 Å². The average Bonchev–Trinajstić information content (AvgIpc) is 2.72. The quantitative estimate of drug-likeness (QED) is 0.777. The van der Waals surface area contributed by atoms with E-state index in [1.54, 1.807) is 6.92 Å². The molecule has 1 aromatic rings. The molecule has 1 aromatic heterocycles. The number of nitrogen functional groups attached to an aromatic ring is 1. The molecule has 0 amide bonds. The Morgan fingerprint density at radius 3 is 2.75 bits per heavy atom. The van der Waals surface area contributed by atoms with E-state index in [9.17, 15) is 4.79 Å². The summed E-state index contributed by atoms with van der Waals surface area (Å²) in [4.78, 5) is 14.3. The fourth-order valence-corrected chi connectivity index (χ4v) is 2.39. The molecule has 0 radical (unpaired) electrons. The lowest BCUT2D eigenvalue weighted by molar-refractivity contribution is 0.0529. The highest BCUT2D eigenvalue weighted by Gasteiger charge is 2.23. The summed E-state index contributed by atoms with van der Waals surface area (Å²) in [6.07, 6.45) is 0. The second-order valence-electron chi connectivity index (χ2n) is 4.57. The van der Waals surface area contributed by atoms with Crippen LogP contribution < -0.4 is 11.1 Å². The van der Waals surface area contributed by atoms with Crippen LogP contribution in [0.2, 0.25) is 0 Å². The lowest BCUT2D eigenvalue weighted by Gasteiger charge is -2.20. The van der Waals surface area contributed by atoms with Crippen LogP contribution in [0.25, 0.3) is 0 Å². The van der Waals surface area contributed by atoms with Gasteiger partial charge in [-0.2, -0.15) is 5.26 Å². The summed E-state index contributed by atoms with van der Waals surface area (Å²) in [6.45, 7) is 4.69. The Balaban J connectivity index is 3.00. The molecule has 6 nitrogen and oxygen atoms in total. The molecule has 1 unspecified atom stereocenters. The van der Waals surface area contributed by atoms with Gasteiger partial charge in [-0.15, -0.1) is 11.3 Å². The molecular weight excluding hydrogens is 276 g/mol. The number of hydrogen-bond acceptors (Lipinski definition) is 7. The largest absolute Gasteiger partial charge is 0.462 e. The van der Waals surface area contributed by atoms with Gasteiger partial charge < -0.3 is 20.7 Å². The number of hydrogen-bond donors (Lipinski definition) is 2. The lowest BCUT2D eigenvalue weighted by Crippen LogP contribution is -2.31. The minimum Gasteiger partial charge on any atom is -0.462 e. The van der Waals surface area contributed by atoms with Crippen LogP contribution in [0.4, 0.5) is 10.7 Å². The van der Waals surface area contributed by atoms with Gasteiger partial charge in [0.1, 0.15) is 21.5 Å². The van der Waals surface area contributed by atoms with Gasteiger partial charge in [0.15, 0.2) is 0 Å². The molecule has 0 saturated heterocycles. The van der Waals surface area contributed by atoms with Crippen molar-refractivity contribution in [3.05, 3.63) is 10.4 Å². The first-order valence-electron chi connectivity index (χ1n) is 6.32. The fraction of sp³-hybridized carbons (Fsp3) is 0.538. The molecule has 0 aliphatic rings. The molecule has 0 saturated carbocycles. The maximum absolute atomic E-state index is 11.9. The summed E-state index contributed by atoms with van der Waals surface area (Å²) >= 11 is 1.18. The highest BCUT2D eigenvalue weighted by Crippen LogP contribution is 2.35. The zero-order chi connectivity index (χ0) is 15.3. The maximum Gasteiger partial charge on any atom is 0.343 e. The molecule has 20 heavy (non-hydrogen) atoms. The van der Waals surface area contributed by atoms with Crippen molar-refractivity contribution in [3.8, 4) is 6.07 Å². The van der Waals surface area contributed by atoms with Gasteiger partial charge in [-0.1, -0.05) is 0 Å². The summed E-state index contributed by atoms with van der Waals surface area (Å²) in [5, 5.41) is 12.8. The van der Waals surface area contributed by atoms with E-state index in [-0.39, 0.29) is 23.9 Å². The van der Waals surface area contributed by atoms with Crippen molar-refractivity contribution in [2.45, 2.75) is 19.9 Å². The third kappa shape index (κ3) is 3.62. The number of nitriles is 1. The van der Waals surface area contributed by atoms with Crippen LogP contribution in [-0.2, 0) is 4.74 Å². The van der Waals surface area contributed by atoms with E-state index < -0.39 is 5.97 Å².